The molecule has 1 saturated heterocycles. The average molecular weight is 333 g/mol. The van der Waals surface area contributed by atoms with Gasteiger partial charge in [0.25, 0.3) is 0 Å². The van der Waals surface area contributed by atoms with Gasteiger partial charge in [0.05, 0.1) is 18.8 Å². The van der Waals surface area contributed by atoms with Crippen LogP contribution in [0.1, 0.15) is 64.5 Å². The number of hydrogen-bond donors (Lipinski definition) is 0. The van der Waals surface area contributed by atoms with Gasteiger partial charge >= 0.3 is 5.97 Å². The first-order valence-electron chi connectivity index (χ1n) is 8.99. The van der Waals surface area contributed by atoms with E-state index >= 15 is 0 Å². The van der Waals surface area contributed by atoms with E-state index in [1.54, 1.807) is 0 Å². The van der Waals surface area contributed by atoms with Gasteiger partial charge < -0.3 is 9.47 Å². The molecular formula is C20H31NO3. The van der Waals surface area contributed by atoms with E-state index in [1.165, 1.54) is 0 Å². The largest absolute Gasteiger partial charge is 0.425 e. The summed E-state index contributed by atoms with van der Waals surface area (Å²) in [6.45, 7) is 14.4. The summed E-state index contributed by atoms with van der Waals surface area (Å²) in [5, 5.41) is 0. The molecule has 1 fully saturated rings. The molecule has 0 bridgehead atoms. The number of morpholine rings is 1. The Bertz CT molecular complexity index is 532. The minimum atomic E-state index is -0.189. The molecular weight excluding hydrogens is 302 g/mol. The second-order valence-electron chi connectivity index (χ2n) is 7.50. The number of rotatable bonds is 5. The monoisotopic (exact) mass is 333 g/mol. The van der Waals surface area contributed by atoms with Gasteiger partial charge in [-0.2, -0.15) is 0 Å². The summed E-state index contributed by atoms with van der Waals surface area (Å²) in [7, 11) is 0. The molecule has 134 valence electrons. The molecule has 2 atom stereocenters. The minimum absolute atomic E-state index is 0.149. The fourth-order valence-electron chi connectivity index (χ4n) is 3.34. The van der Waals surface area contributed by atoms with Gasteiger partial charge in [0.15, 0.2) is 0 Å². The number of esters is 1. The maximum atomic E-state index is 12.5. The molecule has 2 rings (SSSR count). The van der Waals surface area contributed by atoms with Crippen molar-refractivity contribution in [1.82, 2.24) is 4.90 Å². The van der Waals surface area contributed by atoms with Crippen molar-refractivity contribution in [1.29, 1.82) is 0 Å². The molecule has 1 aliphatic rings. The molecule has 0 aliphatic carbocycles. The number of carbonyl (C=O) groups is 1. The first-order chi connectivity index (χ1) is 11.3. The molecule has 4 nitrogen and oxygen atoms in total. The molecule has 1 aromatic rings. The number of ether oxygens (including phenoxy) is 2. The van der Waals surface area contributed by atoms with Crippen molar-refractivity contribution in [3.63, 3.8) is 0 Å². The number of benzene rings is 1. The van der Waals surface area contributed by atoms with E-state index in [2.05, 4.69) is 44.7 Å². The van der Waals surface area contributed by atoms with E-state index in [0.29, 0.717) is 18.4 Å². The van der Waals surface area contributed by atoms with Gasteiger partial charge in [0.1, 0.15) is 5.75 Å². The first kappa shape index (κ1) is 18.9. The number of para-hydroxylation sites is 1. The Morgan fingerprint density at radius 2 is 1.62 bits per heavy atom. The van der Waals surface area contributed by atoms with Crippen LogP contribution in [0.15, 0.2) is 18.2 Å². The Hall–Kier alpha value is -1.39. The highest BCUT2D eigenvalue weighted by Crippen LogP contribution is 2.34. The van der Waals surface area contributed by atoms with Crippen molar-refractivity contribution in [3.8, 4) is 5.75 Å². The lowest BCUT2D eigenvalue weighted by Crippen LogP contribution is -2.47. The van der Waals surface area contributed by atoms with Gasteiger partial charge in [-0.1, -0.05) is 45.9 Å². The van der Waals surface area contributed by atoms with Crippen LogP contribution in [0.25, 0.3) is 0 Å². The van der Waals surface area contributed by atoms with E-state index in [-0.39, 0.29) is 18.2 Å². The molecule has 1 heterocycles. The Kier molecular flexibility index (Phi) is 6.41. The van der Waals surface area contributed by atoms with Gasteiger partial charge in [0.2, 0.25) is 0 Å². The summed E-state index contributed by atoms with van der Waals surface area (Å²) in [6, 6.07) is 6.16. The zero-order chi connectivity index (χ0) is 17.9. The zero-order valence-electron chi connectivity index (χ0n) is 15.8. The van der Waals surface area contributed by atoms with Crippen LogP contribution in [0.5, 0.6) is 5.75 Å². The predicted molar refractivity (Wildman–Crippen MR) is 96.7 cm³/mol. The Balaban J connectivity index is 2.13. The third-order valence-electron chi connectivity index (χ3n) is 4.38. The molecule has 0 spiro atoms. The number of carbonyl (C=O) groups excluding carboxylic acids is 1. The van der Waals surface area contributed by atoms with Gasteiger partial charge in [-0.15, -0.1) is 0 Å². The normalized spacial score (nSPS) is 22.2. The maximum Gasteiger partial charge on any atom is 0.325 e. The molecule has 24 heavy (non-hydrogen) atoms. The van der Waals surface area contributed by atoms with E-state index in [4.69, 9.17) is 9.47 Å². The van der Waals surface area contributed by atoms with Crippen molar-refractivity contribution >= 4 is 5.97 Å². The van der Waals surface area contributed by atoms with Gasteiger partial charge in [-0.05, 0) is 36.8 Å². The fraction of sp³-hybridized carbons (Fsp3) is 0.650. The van der Waals surface area contributed by atoms with E-state index in [9.17, 15) is 4.79 Å². The standard InChI is InChI=1S/C20H31NO3/c1-13(2)17-8-7-9-18(14(3)4)20(17)24-19(22)12-21-10-15(5)23-16(6)11-21/h7-9,13-16H,10-12H2,1-6H3. The average Bonchev–Trinajstić information content (AvgIpc) is 2.45. The van der Waals surface area contributed by atoms with E-state index in [1.807, 2.05) is 19.9 Å². The lowest BCUT2D eigenvalue weighted by atomic mass is 9.94. The minimum Gasteiger partial charge on any atom is -0.425 e. The highest BCUT2D eigenvalue weighted by Gasteiger charge is 2.25. The molecule has 0 aromatic heterocycles. The van der Waals surface area contributed by atoms with Crippen LogP contribution in [0, 0.1) is 0 Å². The summed E-state index contributed by atoms with van der Waals surface area (Å²) in [5.74, 6) is 1.19. The van der Waals surface area contributed by atoms with Crippen LogP contribution in [0.3, 0.4) is 0 Å². The predicted octanol–water partition coefficient (Wildman–Crippen LogP) is 3.95. The van der Waals surface area contributed by atoms with E-state index < -0.39 is 0 Å². The molecule has 4 heteroatoms. The molecule has 0 radical (unpaired) electrons. The second-order valence-corrected chi connectivity index (χ2v) is 7.50. The van der Waals surface area contributed by atoms with Crippen molar-refractivity contribution in [2.45, 2.75) is 65.6 Å². The highest BCUT2D eigenvalue weighted by molar-refractivity contribution is 5.75. The maximum absolute atomic E-state index is 12.5. The summed E-state index contributed by atoms with van der Waals surface area (Å²) in [5.41, 5.74) is 2.19. The SMILES string of the molecule is CC1CN(CC(=O)Oc2c(C(C)C)cccc2C(C)C)CC(C)O1. The lowest BCUT2D eigenvalue weighted by molar-refractivity contribution is -0.139. The molecule has 0 N–H and O–H groups in total. The van der Waals surface area contributed by atoms with Gasteiger partial charge in [0, 0.05) is 13.1 Å². The van der Waals surface area contributed by atoms with Crippen LogP contribution in [0.2, 0.25) is 0 Å². The van der Waals surface area contributed by atoms with Crippen molar-refractivity contribution in [3.05, 3.63) is 29.3 Å². The van der Waals surface area contributed by atoms with Crippen molar-refractivity contribution < 1.29 is 14.3 Å². The van der Waals surface area contributed by atoms with Gasteiger partial charge in [-0.3, -0.25) is 9.69 Å². The Morgan fingerprint density at radius 3 is 2.08 bits per heavy atom. The summed E-state index contributed by atoms with van der Waals surface area (Å²) in [4.78, 5) is 14.7. The third-order valence-corrected chi connectivity index (χ3v) is 4.38. The Labute approximate surface area is 146 Å². The zero-order valence-corrected chi connectivity index (χ0v) is 15.8. The first-order valence-corrected chi connectivity index (χ1v) is 8.99. The molecule has 0 saturated carbocycles. The third kappa shape index (κ3) is 4.81. The van der Waals surface area contributed by atoms with E-state index in [0.717, 1.165) is 30.0 Å². The molecule has 0 amide bonds. The van der Waals surface area contributed by atoms with Crippen molar-refractivity contribution in [2.75, 3.05) is 19.6 Å². The second kappa shape index (κ2) is 8.13. The highest BCUT2D eigenvalue weighted by atomic mass is 16.5. The van der Waals surface area contributed by atoms with Crippen molar-refractivity contribution in [2.24, 2.45) is 0 Å². The fourth-order valence-corrected chi connectivity index (χ4v) is 3.34. The molecule has 2 unspecified atom stereocenters. The van der Waals surface area contributed by atoms with Crippen LogP contribution >= 0.6 is 0 Å². The van der Waals surface area contributed by atoms with Crippen LogP contribution in [0.4, 0.5) is 0 Å². The topological polar surface area (TPSA) is 38.8 Å². The summed E-state index contributed by atoms with van der Waals surface area (Å²) < 4.78 is 11.6. The summed E-state index contributed by atoms with van der Waals surface area (Å²) in [6.07, 6.45) is 0.298. The Morgan fingerprint density at radius 1 is 1.12 bits per heavy atom. The van der Waals surface area contributed by atoms with Crippen LogP contribution in [-0.4, -0.2) is 42.7 Å². The van der Waals surface area contributed by atoms with Gasteiger partial charge in [-0.25, -0.2) is 0 Å². The molecule has 1 aromatic carbocycles. The quantitative estimate of drug-likeness (QED) is 0.604. The van der Waals surface area contributed by atoms with Crippen LogP contribution in [-0.2, 0) is 9.53 Å². The smallest absolute Gasteiger partial charge is 0.325 e. The summed E-state index contributed by atoms with van der Waals surface area (Å²) >= 11 is 0. The number of hydrogen-bond acceptors (Lipinski definition) is 4. The lowest BCUT2D eigenvalue weighted by Gasteiger charge is -2.34. The number of nitrogens with zero attached hydrogens (tertiary/aromatic N) is 1. The van der Waals surface area contributed by atoms with Crippen LogP contribution < -0.4 is 4.74 Å². The molecule has 1 aliphatic heterocycles.